The van der Waals surface area contributed by atoms with E-state index in [2.05, 4.69) is 10.2 Å². The highest BCUT2D eigenvalue weighted by atomic mass is 16.6. The number of hydrogen-bond donors (Lipinski definition) is 1. The van der Waals surface area contributed by atoms with Crippen molar-refractivity contribution in [3.8, 4) is 0 Å². The number of hydrogen-bond acceptors (Lipinski definition) is 6. The number of nitrogens with zero attached hydrogens (tertiary/aromatic N) is 3. The first kappa shape index (κ1) is 21.0. The standard InChI is InChI=1S/C25H24N4O5/c1-12-9-10-15-21(13(12)2)26-24(32)25(15)20-19(18-8-5-11-27(18)25)22(30)28(23(20)31)16-6-4-7-17(14(16)3)29(33)34/h4,6-7,9-10,18-20H,5,8,11H2,1-3H3,(H,26,32)/t18-,19-,20-,25+/m1/s1. The van der Waals surface area contributed by atoms with Gasteiger partial charge in [0.1, 0.15) is 5.54 Å². The molecule has 1 spiro atoms. The molecule has 0 aromatic heterocycles. The lowest BCUT2D eigenvalue weighted by molar-refractivity contribution is -0.385. The average Bonchev–Trinajstić information content (AvgIpc) is 3.50. The van der Waals surface area contributed by atoms with Gasteiger partial charge in [0.05, 0.1) is 28.0 Å². The van der Waals surface area contributed by atoms with Crippen molar-refractivity contribution < 1.29 is 19.3 Å². The van der Waals surface area contributed by atoms with Crippen molar-refractivity contribution >= 4 is 34.8 Å². The van der Waals surface area contributed by atoms with Gasteiger partial charge in [-0.3, -0.25) is 29.4 Å². The van der Waals surface area contributed by atoms with Gasteiger partial charge in [0.15, 0.2) is 0 Å². The monoisotopic (exact) mass is 460 g/mol. The van der Waals surface area contributed by atoms with E-state index in [1.54, 1.807) is 13.0 Å². The summed E-state index contributed by atoms with van der Waals surface area (Å²) in [5.41, 5.74) is 2.53. The molecule has 3 amide bonds. The van der Waals surface area contributed by atoms with Crippen molar-refractivity contribution in [3.05, 3.63) is 62.7 Å². The molecular weight excluding hydrogens is 436 g/mol. The lowest BCUT2D eigenvalue weighted by Gasteiger charge is -2.36. The highest BCUT2D eigenvalue weighted by Crippen LogP contribution is 2.61. The minimum absolute atomic E-state index is 0.151. The van der Waals surface area contributed by atoms with E-state index in [0.29, 0.717) is 6.54 Å². The molecule has 0 aliphatic carbocycles. The Hall–Kier alpha value is -3.59. The first-order valence-corrected chi connectivity index (χ1v) is 11.5. The summed E-state index contributed by atoms with van der Waals surface area (Å²) in [5, 5.41) is 14.5. The number of aryl methyl sites for hydroxylation is 1. The van der Waals surface area contributed by atoms with Gasteiger partial charge in [-0.15, -0.1) is 0 Å². The number of imide groups is 1. The summed E-state index contributed by atoms with van der Waals surface area (Å²) in [6.45, 7) is 6.10. The maximum atomic E-state index is 14.1. The Bertz CT molecular complexity index is 1340. The number of amides is 3. The third-order valence-corrected chi connectivity index (χ3v) is 8.41. The quantitative estimate of drug-likeness (QED) is 0.419. The van der Waals surface area contributed by atoms with E-state index in [1.165, 1.54) is 12.1 Å². The Morgan fingerprint density at radius 1 is 1.06 bits per heavy atom. The molecule has 0 unspecified atom stereocenters. The second-order valence-corrected chi connectivity index (χ2v) is 9.75. The Balaban J connectivity index is 1.56. The van der Waals surface area contributed by atoms with Gasteiger partial charge >= 0.3 is 0 Å². The smallest absolute Gasteiger partial charge is 0.274 e. The van der Waals surface area contributed by atoms with Crippen molar-refractivity contribution in [3.63, 3.8) is 0 Å². The van der Waals surface area contributed by atoms with Crippen LogP contribution in [0, 0.1) is 42.7 Å². The zero-order valence-electron chi connectivity index (χ0n) is 19.1. The second kappa shape index (κ2) is 6.73. The summed E-state index contributed by atoms with van der Waals surface area (Å²) in [4.78, 5) is 55.8. The number of carbonyl (C=O) groups excluding carboxylic acids is 3. The van der Waals surface area contributed by atoms with Crippen LogP contribution in [0.25, 0.3) is 0 Å². The van der Waals surface area contributed by atoms with Crippen molar-refractivity contribution in [2.45, 2.75) is 45.2 Å². The molecule has 4 atom stereocenters. The third-order valence-electron chi connectivity index (χ3n) is 8.41. The van der Waals surface area contributed by atoms with Gasteiger partial charge in [-0.05, 0) is 57.4 Å². The van der Waals surface area contributed by atoms with Crippen LogP contribution in [0.1, 0.15) is 35.1 Å². The SMILES string of the molecule is Cc1ccc2c(c1C)NC(=O)[C@@]21[C@H]2C(=O)N(c3cccc([N+](=O)[O-])c3C)C(=O)[C@@H]2[C@H]2CCCN21. The van der Waals surface area contributed by atoms with Gasteiger partial charge in [-0.25, -0.2) is 4.90 Å². The predicted octanol–water partition coefficient (Wildman–Crippen LogP) is 2.95. The summed E-state index contributed by atoms with van der Waals surface area (Å²) in [7, 11) is 0. The molecule has 3 saturated heterocycles. The van der Waals surface area contributed by atoms with Crippen LogP contribution in [0.3, 0.4) is 0 Å². The van der Waals surface area contributed by atoms with Crippen molar-refractivity contribution in [2.75, 3.05) is 16.8 Å². The number of nitrogens with one attached hydrogen (secondary N) is 1. The van der Waals surface area contributed by atoms with Gasteiger partial charge in [0.25, 0.3) is 5.69 Å². The summed E-state index contributed by atoms with van der Waals surface area (Å²) >= 11 is 0. The maximum Gasteiger partial charge on any atom is 0.274 e. The zero-order valence-corrected chi connectivity index (χ0v) is 19.1. The number of nitro groups is 1. The molecule has 174 valence electrons. The summed E-state index contributed by atoms with van der Waals surface area (Å²) in [5.74, 6) is -2.67. The summed E-state index contributed by atoms with van der Waals surface area (Å²) in [6, 6.07) is 8.04. The molecule has 3 fully saturated rings. The molecule has 2 aromatic carbocycles. The van der Waals surface area contributed by atoms with E-state index in [4.69, 9.17) is 0 Å². The van der Waals surface area contributed by atoms with Crippen LogP contribution in [-0.2, 0) is 19.9 Å². The largest absolute Gasteiger partial charge is 0.324 e. The van der Waals surface area contributed by atoms with Gasteiger partial charge in [-0.1, -0.05) is 18.2 Å². The fourth-order valence-electron chi connectivity index (χ4n) is 6.81. The number of benzene rings is 2. The van der Waals surface area contributed by atoms with Crippen molar-refractivity contribution in [1.29, 1.82) is 0 Å². The Morgan fingerprint density at radius 2 is 1.82 bits per heavy atom. The molecule has 1 N–H and O–H groups in total. The topological polar surface area (TPSA) is 113 Å². The first-order chi connectivity index (χ1) is 16.2. The second-order valence-electron chi connectivity index (χ2n) is 9.75. The van der Waals surface area contributed by atoms with E-state index in [-0.39, 0.29) is 34.8 Å². The molecule has 9 nitrogen and oxygen atoms in total. The Morgan fingerprint density at radius 3 is 2.56 bits per heavy atom. The van der Waals surface area contributed by atoms with Crippen LogP contribution >= 0.6 is 0 Å². The number of fused-ring (bicyclic) bond motifs is 7. The minimum Gasteiger partial charge on any atom is -0.324 e. The van der Waals surface area contributed by atoms with Crippen LogP contribution in [-0.4, -0.2) is 40.1 Å². The third kappa shape index (κ3) is 2.25. The van der Waals surface area contributed by atoms with Gasteiger partial charge in [-0.2, -0.15) is 0 Å². The van der Waals surface area contributed by atoms with Gasteiger partial charge in [0.2, 0.25) is 17.7 Å². The Labute approximate surface area is 195 Å². The normalized spacial score (nSPS) is 29.6. The highest BCUT2D eigenvalue weighted by Gasteiger charge is 2.74. The molecule has 4 heterocycles. The maximum absolute atomic E-state index is 14.1. The fourth-order valence-corrected chi connectivity index (χ4v) is 6.81. The summed E-state index contributed by atoms with van der Waals surface area (Å²) in [6.07, 6.45) is 1.55. The lowest BCUT2D eigenvalue weighted by Crippen LogP contribution is -2.54. The van der Waals surface area contributed by atoms with E-state index >= 15 is 0 Å². The van der Waals surface area contributed by atoms with Crippen LogP contribution in [0.2, 0.25) is 0 Å². The zero-order chi connectivity index (χ0) is 24.1. The first-order valence-electron chi connectivity index (χ1n) is 11.5. The molecular formula is C25H24N4O5. The van der Waals surface area contributed by atoms with Crippen LogP contribution in [0.5, 0.6) is 0 Å². The molecule has 34 heavy (non-hydrogen) atoms. The van der Waals surface area contributed by atoms with Crippen LogP contribution < -0.4 is 10.2 Å². The minimum atomic E-state index is -1.25. The van der Waals surface area contributed by atoms with E-state index < -0.39 is 28.2 Å². The Kier molecular flexibility index (Phi) is 4.15. The molecule has 4 aliphatic rings. The fraction of sp³-hybridized carbons (Fsp3) is 0.400. The van der Waals surface area contributed by atoms with E-state index in [0.717, 1.165) is 40.1 Å². The van der Waals surface area contributed by atoms with Crippen LogP contribution in [0.4, 0.5) is 17.1 Å². The van der Waals surface area contributed by atoms with E-state index in [1.807, 2.05) is 26.0 Å². The molecule has 2 aromatic rings. The molecule has 6 rings (SSSR count). The molecule has 9 heteroatoms. The van der Waals surface area contributed by atoms with Crippen LogP contribution in [0.15, 0.2) is 30.3 Å². The highest BCUT2D eigenvalue weighted by molar-refractivity contribution is 6.26. The average molecular weight is 460 g/mol. The number of nitro benzene ring substituents is 1. The summed E-state index contributed by atoms with van der Waals surface area (Å²) < 4.78 is 0. The number of carbonyl (C=O) groups is 3. The molecule has 0 saturated carbocycles. The predicted molar refractivity (Wildman–Crippen MR) is 123 cm³/mol. The van der Waals surface area contributed by atoms with Gasteiger partial charge < -0.3 is 5.32 Å². The van der Waals surface area contributed by atoms with Crippen molar-refractivity contribution in [2.24, 2.45) is 11.8 Å². The van der Waals surface area contributed by atoms with Gasteiger partial charge in [0, 0.05) is 23.4 Å². The molecule has 4 aliphatic heterocycles. The van der Waals surface area contributed by atoms with Crippen molar-refractivity contribution in [1.82, 2.24) is 4.90 Å². The molecule has 0 bridgehead atoms. The van der Waals surface area contributed by atoms with E-state index in [9.17, 15) is 24.5 Å². The number of rotatable bonds is 2. The lowest BCUT2D eigenvalue weighted by atomic mass is 9.75. The number of anilines is 2. The molecule has 0 radical (unpaired) electrons.